The van der Waals surface area contributed by atoms with Crippen LogP contribution in [-0.2, 0) is 17.9 Å². The Morgan fingerprint density at radius 1 is 0.946 bits per heavy atom. The number of aliphatic hydroxyl groups is 1. The molecule has 0 saturated carbocycles. The minimum absolute atomic E-state index is 0.0931. The number of hydrogen-bond donors (Lipinski definition) is 2. The number of pyridine rings is 1. The first-order chi connectivity index (χ1) is 18.1. The van der Waals surface area contributed by atoms with Gasteiger partial charge in [0.1, 0.15) is 6.33 Å². The van der Waals surface area contributed by atoms with E-state index in [4.69, 9.17) is 0 Å². The number of nitrogens with zero attached hydrogens (tertiary/aromatic N) is 4. The van der Waals surface area contributed by atoms with Crippen LogP contribution >= 0.6 is 0 Å². The van der Waals surface area contributed by atoms with Crippen LogP contribution in [0.2, 0.25) is 0 Å². The van der Waals surface area contributed by atoms with E-state index in [9.17, 15) is 14.7 Å². The van der Waals surface area contributed by atoms with E-state index in [-0.39, 0.29) is 36.1 Å². The van der Waals surface area contributed by atoms with Crippen LogP contribution in [0, 0.1) is 11.8 Å². The number of benzene rings is 2. The first kappa shape index (κ1) is 23.3. The summed E-state index contributed by atoms with van der Waals surface area (Å²) < 4.78 is 1.75. The average molecular weight is 494 g/mol. The molecule has 2 aliphatic rings. The Balaban J connectivity index is 1.33. The molecule has 0 aliphatic carbocycles. The molecule has 4 heterocycles. The molecule has 2 aliphatic heterocycles. The highest BCUT2D eigenvalue weighted by Crippen LogP contribution is 2.49. The average Bonchev–Trinajstić information content (AvgIpc) is 3.14. The predicted octanol–water partition coefficient (Wildman–Crippen LogP) is 3.11. The Bertz CT molecular complexity index is 1460. The zero-order valence-electron chi connectivity index (χ0n) is 20.1. The molecule has 2 aromatic carbocycles. The molecule has 2 bridgehead atoms. The van der Waals surface area contributed by atoms with Crippen LogP contribution in [0.3, 0.4) is 0 Å². The highest BCUT2D eigenvalue weighted by molar-refractivity contribution is 5.94. The zero-order chi connectivity index (χ0) is 25.4. The number of anilines is 1. The number of nitrogens with one attached hydrogen (secondary N) is 1. The Morgan fingerprint density at radius 2 is 1.68 bits per heavy atom. The number of carbonyl (C=O) groups excluding carboxylic acids is 1. The standard InChI is InChI=1S/C29H27N5O3/c35-17-23-25-16-33-24(7-4-8-26(33)36)28(34(25)15-19-13-30-18-31-14-19)27(23)29(37)32-22-11-9-21(10-12-22)20-5-2-1-3-6-20/h1-14,18,23,25,27-28,35H,15-17H2,(H,32,37)/t23-,25-,27+,28+/m1/s1. The van der Waals surface area contributed by atoms with Crippen molar-refractivity contribution in [1.29, 1.82) is 0 Å². The molecule has 186 valence electrons. The van der Waals surface area contributed by atoms with Crippen LogP contribution < -0.4 is 10.9 Å². The van der Waals surface area contributed by atoms with Gasteiger partial charge in [0, 0.05) is 67.1 Å². The lowest BCUT2D eigenvalue weighted by Crippen LogP contribution is -2.45. The molecule has 4 aromatic rings. The third-order valence-corrected chi connectivity index (χ3v) is 7.59. The number of fused-ring (bicyclic) bond motifs is 4. The third kappa shape index (κ3) is 4.24. The molecular weight excluding hydrogens is 466 g/mol. The number of aliphatic hydroxyl groups excluding tert-OH is 1. The van der Waals surface area contributed by atoms with Gasteiger partial charge in [-0.1, -0.05) is 48.5 Å². The first-order valence-corrected chi connectivity index (χ1v) is 12.4. The highest BCUT2D eigenvalue weighted by atomic mass is 16.3. The van der Waals surface area contributed by atoms with Crippen molar-refractivity contribution in [2.75, 3.05) is 11.9 Å². The van der Waals surface area contributed by atoms with Crippen molar-refractivity contribution in [2.24, 2.45) is 11.8 Å². The zero-order valence-corrected chi connectivity index (χ0v) is 20.1. The van der Waals surface area contributed by atoms with Gasteiger partial charge >= 0.3 is 0 Å². The second kappa shape index (κ2) is 9.72. The van der Waals surface area contributed by atoms with E-state index in [1.54, 1.807) is 29.1 Å². The minimum atomic E-state index is -0.538. The highest BCUT2D eigenvalue weighted by Gasteiger charge is 2.55. The molecule has 8 nitrogen and oxygen atoms in total. The molecule has 4 atom stereocenters. The van der Waals surface area contributed by atoms with E-state index in [1.165, 1.54) is 6.33 Å². The van der Waals surface area contributed by atoms with Crippen LogP contribution in [0.5, 0.6) is 0 Å². The normalized spacial score (nSPS) is 22.4. The topological polar surface area (TPSA) is 100 Å². The van der Waals surface area contributed by atoms with Gasteiger partial charge in [-0.05, 0) is 29.3 Å². The van der Waals surface area contributed by atoms with E-state index in [0.717, 1.165) is 22.4 Å². The minimum Gasteiger partial charge on any atom is -0.396 e. The van der Waals surface area contributed by atoms with Gasteiger partial charge < -0.3 is 15.0 Å². The number of amides is 1. The summed E-state index contributed by atoms with van der Waals surface area (Å²) in [6, 6.07) is 22.5. The fraction of sp³-hybridized carbons (Fsp3) is 0.241. The van der Waals surface area contributed by atoms with Crippen molar-refractivity contribution >= 4 is 11.6 Å². The fourth-order valence-corrected chi connectivity index (χ4v) is 5.92. The lowest BCUT2D eigenvalue weighted by atomic mass is 9.86. The molecule has 8 heteroatoms. The van der Waals surface area contributed by atoms with E-state index in [0.29, 0.717) is 18.8 Å². The van der Waals surface area contributed by atoms with Crippen LogP contribution in [0.4, 0.5) is 5.69 Å². The molecule has 1 fully saturated rings. The monoisotopic (exact) mass is 493 g/mol. The first-order valence-electron chi connectivity index (χ1n) is 12.4. The maximum absolute atomic E-state index is 13.8. The molecule has 2 N–H and O–H groups in total. The van der Waals surface area contributed by atoms with Crippen molar-refractivity contribution in [3.05, 3.63) is 113 Å². The van der Waals surface area contributed by atoms with E-state index in [2.05, 4.69) is 20.2 Å². The molecule has 0 unspecified atom stereocenters. The molecule has 37 heavy (non-hydrogen) atoms. The summed E-state index contributed by atoms with van der Waals surface area (Å²) in [5.74, 6) is -1.04. The maximum Gasteiger partial charge on any atom is 0.250 e. The van der Waals surface area contributed by atoms with Gasteiger partial charge in [-0.15, -0.1) is 0 Å². The summed E-state index contributed by atoms with van der Waals surface area (Å²) in [6.07, 6.45) is 5.01. The molecule has 0 radical (unpaired) electrons. The molecule has 2 aromatic heterocycles. The van der Waals surface area contributed by atoms with Gasteiger partial charge in [-0.25, -0.2) is 9.97 Å². The predicted molar refractivity (Wildman–Crippen MR) is 139 cm³/mol. The molecule has 6 rings (SSSR count). The van der Waals surface area contributed by atoms with Crippen LogP contribution in [0.25, 0.3) is 11.1 Å². The quantitative estimate of drug-likeness (QED) is 0.428. The Hall–Kier alpha value is -4.14. The van der Waals surface area contributed by atoms with Crippen LogP contribution in [0.15, 0.2) is 96.3 Å². The summed E-state index contributed by atoms with van der Waals surface area (Å²) in [5.41, 5.74) is 4.47. The molecular formula is C29H27N5O3. The Kier molecular flexibility index (Phi) is 6.12. The SMILES string of the molecule is O=C(Nc1ccc(-c2ccccc2)cc1)[C@H]1[C@H](CO)[C@H]2Cn3c(cccc3=O)[C@@H]1N2Cc1cncnc1. The van der Waals surface area contributed by atoms with Gasteiger partial charge in [0.15, 0.2) is 0 Å². The third-order valence-electron chi connectivity index (χ3n) is 7.59. The Morgan fingerprint density at radius 3 is 2.41 bits per heavy atom. The second-order valence-electron chi connectivity index (χ2n) is 9.64. The number of carbonyl (C=O) groups is 1. The van der Waals surface area contributed by atoms with E-state index in [1.807, 2.05) is 60.7 Å². The van der Waals surface area contributed by atoms with E-state index >= 15 is 0 Å². The number of rotatable bonds is 6. The van der Waals surface area contributed by atoms with Crippen LogP contribution in [0.1, 0.15) is 17.3 Å². The smallest absolute Gasteiger partial charge is 0.250 e. The second-order valence-corrected chi connectivity index (χ2v) is 9.64. The van der Waals surface area contributed by atoms with Crippen LogP contribution in [-0.4, -0.2) is 43.1 Å². The summed E-state index contributed by atoms with van der Waals surface area (Å²) in [5, 5.41) is 13.6. The summed E-state index contributed by atoms with van der Waals surface area (Å²) in [7, 11) is 0. The lowest BCUT2D eigenvalue weighted by Gasteiger charge is -2.38. The molecule has 1 amide bonds. The molecule has 1 saturated heterocycles. The Labute approximate surface area is 214 Å². The van der Waals surface area contributed by atoms with E-state index < -0.39 is 5.92 Å². The van der Waals surface area contributed by atoms with Gasteiger partial charge in [0.05, 0.1) is 12.0 Å². The van der Waals surface area contributed by atoms with Gasteiger partial charge in [0.25, 0.3) is 5.56 Å². The van der Waals surface area contributed by atoms with Gasteiger partial charge in [-0.3, -0.25) is 14.5 Å². The fourth-order valence-electron chi connectivity index (χ4n) is 5.92. The van der Waals surface area contributed by atoms with Crippen molar-refractivity contribution in [1.82, 2.24) is 19.4 Å². The largest absolute Gasteiger partial charge is 0.396 e. The van der Waals surface area contributed by atoms with Crippen molar-refractivity contribution in [3.8, 4) is 11.1 Å². The number of aromatic nitrogens is 3. The van der Waals surface area contributed by atoms with Gasteiger partial charge in [0.2, 0.25) is 5.91 Å². The maximum atomic E-state index is 13.8. The van der Waals surface area contributed by atoms with Crippen molar-refractivity contribution in [3.63, 3.8) is 0 Å². The van der Waals surface area contributed by atoms with Crippen molar-refractivity contribution < 1.29 is 9.90 Å². The summed E-state index contributed by atoms with van der Waals surface area (Å²) in [6.45, 7) is 0.780. The summed E-state index contributed by atoms with van der Waals surface area (Å²) >= 11 is 0. The lowest BCUT2D eigenvalue weighted by molar-refractivity contribution is -0.122. The number of hydrogen-bond acceptors (Lipinski definition) is 6. The summed E-state index contributed by atoms with van der Waals surface area (Å²) in [4.78, 5) is 37.0. The van der Waals surface area contributed by atoms with Crippen molar-refractivity contribution in [2.45, 2.75) is 25.2 Å². The molecule has 0 spiro atoms. The van der Waals surface area contributed by atoms with Gasteiger partial charge in [-0.2, -0.15) is 0 Å².